The van der Waals surface area contributed by atoms with Crippen molar-refractivity contribution in [1.82, 2.24) is 5.32 Å². The third-order valence-electron chi connectivity index (χ3n) is 12.0. The highest BCUT2D eigenvalue weighted by Gasteiger charge is 2.24. The van der Waals surface area contributed by atoms with E-state index in [0.29, 0.717) is 19.3 Å². The maximum absolute atomic E-state index is 13.2. The van der Waals surface area contributed by atoms with E-state index in [-0.39, 0.29) is 24.9 Å². The molecule has 0 aromatic carbocycles. The van der Waals surface area contributed by atoms with Crippen molar-refractivity contribution < 1.29 is 24.5 Å². The van der Waals surface area contributed by atoms with Gasteiger partial charge in [0.1, 0.15) is 6.10 Å². The third kappa shape index (κ3) is 45.9. The molecule has 3 unspecified atom stereocenters. The number of hydrogen-bond acceptors (Lipinski definition) is 5. The van der Waals surface area contributed by atoms with Crippen molar-refractivity contribution in [2.24, 2.45) is 0 Å². The van der Waals surface area contributed by atoms with E-state index in [1.54, 1.807) is 0 Å². The molecule has 0 heterocycles. The summed E-state index contributed by atoms with van der Waals surface area (Å²) in [6.07, 6.45) is 65.4. The summed E-state index contributed by atoms with van der Waals surface area (Å²) in [5, 5.41) is 23.7. The predicted octanol–water partition coefficient (Wildman–Crippen LogP) is 16.6. The van der Waals surface area contributed by atoms with Crippen molar-refractivity contribution in [2.75, 3.05) is 6.61 Å². The van der Waals surface area contributed by atoms with Crippen molar-refractivity contribution in [3.63, 3.8) is 0 Å². The van der Waals surface area contributed by atoms with Crippen LogP contribution in [0.2, 0.25) is 0 Å². The first kappa shape index (κ1) is 61.3. The summed E-state index contributed by atoms with van der Waals surface area (Å²) in [5.74, 6) is -0.546. The molecule has 0 bridgehead atoms. The average molecular weight is 894 g/mol. The van der Waals surface area contributed by atoms with Gasteiger partial charge in [0.25, 0.3) is 0 Å². The maximum Gasteiger partial charge on any atom is 0.306 e. The molecule has 6 heteroatoms. The van der Waals surface area contributed by atoms with Crippen molar-refractivity contribution in [2.45, 2.75) is 277 Å². The summed E-state index contributed by atoms with van der Waals surface area (Å²) < 4.78 is 5.91. The van der Waals surface area contributed by atoms with Crippen LogP contribution in [0.3, 0.4) is 0 Å². The van der Waals surface area contributed by atoms with Gasteiger partial charge in [0.15, 0.2) is 0 Å². The lowest BCUT2D eigenvalue weighted by Gasteiger charge is -2.24. The molecular weight excluding hydrogens is 791 g/mol. The summed E-state index contributed by atoms with van der Waals surface area (Å²) in [6.45, 7) is 6.42. The number of hydrogen-bond donors (Lipinski definition) is 3. The number of aliphatic hydroxyl groups is 2. The van der Waals surface area contributed by atoms with Gasteiger partial charge in [0, 0.05) is 6.42 Å². The van der Waals surface area contributed by atoms with Gasteiger partial charge in [0.2, 0.25) is 5.91 Å². The Kier molecular flexibility index (Phi) is 49.1. The largest absolute Gasteiger partial charge is 0.462 e. The number of allylic oxidation sites excluding steroid dienone is 12. The molecule has 6 nitrogen and oxygen atoms in total. The molecule has 3 N–H and O–H groups in total. The fourth-order valence-corrected chi connectivity index (χ4v) is 7.88. The Morgan fingerprint density at radius 1 is 0.469 bits per heavy atom. The molecule has 370 valence electrons. The molecule has 0 aromatic heterocycles. The highest BCUT2D eigenvalue weighted by molar-refractivity contribution is 5.77. The second kappa shape index (κ2) is 51.3. The molecule has 0 aliphatic rings. The van der Waals surface area contributed by atoms with Crippen molar-refractivity contribution in [1.29, 1.82) is 0 Å². The van der Waals surface area contributed by atoms with E-state index in [9.17, 15) is 19.8 Å². The van der Waals surface area contributed by atoms with Gasteiger partial charge in [-0.25, -0.2) is 0 Å². The van der Waals surface area contributed by atoms with E-state index in [2.05, 4.69) is 99.0 Å². The zero-order valence-corrected chi connectivity index (χ0v) is 42.1. The molecular formula is C58H103NO5. The number of rotatable bonds is 48. The third-order valence-corrected chi connectivity index (χ3v) is 12.0. The van der Waals surface area contributed by atoms with Gasteiger partial charge >= 0.3 is 5.97 Å². The number of ether oxygens (including phenoxy) is 1. The molecule has 0 saturated heterocycles. The van der Waals surface area contributed by atoms with Crippen LogP contribution in [-0.2, 0) is 14.3 Å². The fraction of sp³-hybridized carbons (Fsp3) is 0.759. The van der Waals surface area contributed by atoms with Gasteiger partial charge in [-0.1, -0.05) is 229 Å². The van der Waals surface area contributed by atoms with E-state index in [4.69, 9.17) is 4.74 Å². The minimum absolute atomic E-state index is 0.0314. The normalized spacial score (nSPS) is 13.8. The molecule has 64 heavy (non-hydrogen) atoms. The lowest BCUT2D eigenvalue weighted by molar-refractivity contribution is -0.151. The molecule has 0 radical (unpaired) electrons. The second-order valence-electron chi connectivity index (χ2n) is 18.3. The Hall–Kier alpha value is -2.70. The maximum atomic E-state index is 13.2. The lowest BCUT2D eigenvalue weighted by Crippen LogP contribution is -2.46. The topological polar surface area (TPSA) is 95.9 Å². The minimum atomic E-state index is -0.807. The van der Waals surface area contributed by atoms with E-state index in [0.717, 1.165) is 89.9 Å². The number of esters is 1. The first-order valence-corrected chi connectivity index (χ1v) is 27.2. The van der Waals surface area contributed by atoms with E-state index in [1.165, 1.54) is 122 Å². The highest BCUT2D eigenvalue weighted by atomic mass is 16.5. The summed E-state index contributed by atoms with van der Waals surface area (Å²) in [4.78, 5) is 26.2. The molecule has 0 aliphatic heterocycles. The van der Waals surface area contributed by atoms with Crippen LogP contribution >= 0.6 is 0 Å². The van der Waals surface area contributed by atoms with E-state index in [1.807, 2.05) is 0 Å². The number of amides is 1. The van der Waals surface area contributed by atoms with Gasteiger partial charge < -0.3 is 20.3 Å². The van der Waals surface area contributed by atoms with Crippen LogP contribution < -0.4 is 5.32 Å². The van der Waals surface area contributed by atoms with E-state index < -0.39 is 18.2 Å². The average Bonchev–Trinajstić information content (AvgIpc) is 3.29. The first-order valence-electron chi connectivity index (χ1n) is 27.2. The quantitative estimate of drug-likeness (QED) is 0.0245. The Labute approximate surface area is 396 Å². The van der Waals surface area contributed by atoms with Gasteiger partial charge in [0.05, 0.1) is 25.2 Å². The molecule has 0 rings (SSSR count). The number of carbonyl (C=O) groups is 2. The molecule has 0 spiro atoms. The lowest BCUT2D eigenvalue weighted by atomic mass is 10.0. The molecule has 0 aliphatic carbocycles. The molecule has 0 saturated carbocycles. The van der Waals surface area contributed by atoms with Gasteiger partial charge in [-0.3, -0.25) is 9.59 Å². The Balaban J connectivity index is 4.70. The molecule has 0 aromatic rings. The summed E-state index contributed by atoms with van der Waals surface area (Å²) in [6, 6.07) is -0.724. The Morgan fingerprint density at radius 2 is 0.859 bits per heavy atom. The van der Waals surface area contributed by atoms with Gasteiger partial charge in [-0.2, -0.15) is 0 Å². The predicted molar refractivity (Wildman–Crippen MR) is 278 cm³/mol. The summed E-state index contributed by atoms with van der Waals surface area (Å²) in [5.41, 5.74) is 0. The van der Waals surface area contributed by atoms with Crippen LogP contribution in [-0.4, -0.2) is 46.9 Å². The first-order chi connectivity index (χ1) is 31.5. The fourth-order valence-electron chi connectivity index (χ4n) is 7.88. The van der Waals surface area contributed by atoms with Crippen LogP contribution in [0.15, 0.2) is 72.9 Å². The minimum Gasteiger partial charge on any atom is -0.462 e. The van der Waals surface area contributed by atoms with E-state index >= 15 is 0 Å². The van der Waals surface area contributed by atoms with Crippen LogP contribution in [0.25, 0.3) is 0 Å². The smallest absolute Gasteiger partial charge is 0.306 e. The highest BCUT2D eigenvalue weighted by Crippen LogP contribution is 2.17. The van der Waals surface area contributed by atoms with Crippen LogP contribution in [0.1, 0.15) is 258 Å². The van der Waals surface area contributed by atoms with Gasteiger partial charge in [-0.05, 0) is 89.9 Å². The van der Waals surface area contributed by atoms with Crippen molar-refractivity contribution in [3.05, 3.63) is 72.9 Å². The van der Waals surface area contributed by atoms with Crippen LogP contribution in [0.4, 0.5) is 0 Å². The SMILES string of the molecule is CCCCC/C=C\C/C=C\C/C=C\C/C=C\CCCC(CC(=O)NC(CO)C(O)CCCCCCCCCCCC)OC(=O)CCCCCCC/C=C/C=C/CCCCCCCCC. The zero-order chi connectivity index (χ0) is 46.7. The standard InChI is InChI=1S/C58H103NO5/c1-4-7-10-13-16-19-22-24-26-28-30-32-34-36-39-42-45-48-51-58(63)64-54(49-46-43-40-37-35-33-31-29-27-25-23-20-17-14-11-8-5-2)52-57(62)59-55(53-60)56(61)50-47-44-41-38-21-18-15-12-9-6-3/h17,20,25-28,30-33,37,40,54-56,60-61H,4-16,18-19,21-24,29,34-36,38-39,41-53H2,1-3H3,(H,59,62)/b20-17-,27-25-,28-26+,32-30+,33-31-,40-37-. The van der Waals surface area contributed by atoms with Crippen LogP contribution in [0, 0.1) is 0 Å². The van der Waals surface area contributed by atoms with Gasteiger partial charge in [-0.15, -0.1) is 0 Å². The molecule has 3 atom stereocenters. The zero-order valence-electron chi connectivity index (χ0n) is 42.1. The van der Waals surface area contributed by atoms with Crippen molar-refractivity contribution in [3.8, 4) is 0 Å². The molecule has 1 amide bonds. The monoisotopic (exact) mass is 894 g/mol. The number of unbranched alkanes of at least 4 members (excludes halogenated alkanes) is 25. The Morgan fingerprint density at radius 3 is 1.36 bits per heavy atom. The summed E-state index contributed by atoms with van der Waals surface area (Å²) >= 11 is 0. The number of nitrogens with one attached hydrogen (secondary N) is 1. The number of aliphatic hydroxyl groups excluding tert-OH is 2. The Bertz CT molecular complexity index is 1190. The summed E-state index contributed by atoms with van der Waals surface area (Å²) in [7, 11) is 0. The second-order valence-corrected chi connectivity index (χ2v) is 18.3. The van der Waals surface area contributed by atoms with Crippen molar-refractivity contribution >= 4 is 11.9 Å². The van der Waals surface area contributed by atoms with Crippen LogP contribution in [0.5, 0.6) is 0 Å². The molecule has 0 fully saturated rings. The number of carbonyl (C=O) groups excluding carboxylic acids is 2.